The van der Waals surface area contributed by atoms with Crippen LogP contribution in [0.4, 0.5) is 0 Å². The molecule has 0 aliphatic heterocycles. The first kappa shape index (κ1) is 10.6. The Kier molecular flexibility index (Phi) is 2.57. The molecule has 82 valence electrons. The van der Waals surface area contributed by atoms with E-state index in [2.05, 4.69) is 17.1 Å². The summed E-state index contributed by atoms with van der Waals surface area (Å²) in [5, 5.41) is 9.69. The highest BCUT2D eigenvalue weighted by atomic mass is 32.1. The molecule has 0 radical (unpaired) electrons. The van der Waals surface area contributed by atoms with Gasteiger partial charge in [0.05, 0.1) is 0 Å². The van der Waals surface area contributed by atoms with Crippen molar-refractivity contribution in [3.8, 4) is 5.75 Å². The average Bonchev–Trinajstić information content (AvgIpc) is 2.27. The van der Waals surface area contributed by atoms with Crippen LogP contribution in [0.2, 0.25) is 0 Å². The summed E-state index contributed by atoms with van der Waals surface area (Å²) in [5.41, 5.74) is -0.883. The minimum absolute atomic E-state index is 0.0276. The Labute approximate surface area is 94.9 Å². The lowest BCUT2D eigenvalue weighted by molar-refractivity contribution is 0.0768. The summed E-state index contributed by atoms with van der Waals surface area (Å²) in [4.78, 5) is 22.5. The van der Waals surface area contributed by atoms with E-state index in [4.69, 9.17) is 4.42 Å². The van der Waals surface area contributed by atoms with Crippen LogP contribution in [-0.4, -0.2) is 11.1 Å². The van der Waals surface area contributed by atoms with Crippen molar-refractivity contribution in [1.82, 2.24) is 0 Å². The molecule has 0 spiro atoms. The molecule has 0 aliphatic carbocycles. The van der Waals surface area contributed by atoms with Crippen LogP contribution < -0.4 is 5.63 Å². The number of hydrogen-bond acceptors (Lipinski definition) is 6. The number of phenolic OH excluding ortho intramolecular Hbond substituents is 1. The highest BCUT2D eigenvalue weighted by molar-refractivity contribution is 7.75. The Morgan fingerprint density at radius 3 is 2.81 bits per heavy atom. The van der Waals surface area contributed by atoms with Gasteiger partial charge in [0, 0.05) is 24.4 Å². The summed E-state index contributed by atoms with van der Waals surface area (Å²) < 4.78 is 8.98. The molecule has 0 atom stereocenters. The fourth-order valence-electron chi connectivity index (χ4n) is 1.29. The average molecular weight is 238 g/mol. The van der Waals surface area contributed by atoms with Crippen molar-refractivity contribution in [2.75, 3.05) is 0 Å². The molecule has 5 nitrogen and oxygen atoms in total. The molecule has 1 N–H and O–H groups in total. The molecule has 1 aromatic carbocycles. The third-order valence-electron chi connectivity index (χ3n) is 2.02. The van der Waals surface area contributed by atoms with Gasteiger partial charge in [-0.15, -0.1) is 0 Å². The van der Waals surface area contributed by atoms with Crippen LogP contribution in [0.1, 0.15) is 10.4 Å². The highest BCUT2D eigenvalue weighted by Crippen LogP contribution is 2.19. The van der Waals surface area contributed by atoms with E-state index in [9.17, 15) is 14.7 Å². The smallest absolute Gasteiger partial charge is 0.357 e. The van der Waals surface area contributed by atoms with Crippen LogP contribution in [0.25, 0.3) is 11.0 Å². The maximum Gasteiger partial charge on any atom is 0.357 e. The standard InChI is InChI=1S/C10H6O5S/c11-6-2-1-5-3-7(10(13)15-16)9(12)14-8(5)4-6/h1-4,11,16H. The van der Waals surface area contributed by atoms with Gasteiger partial charge < -0.3 is 13.7 Å². The quantitative estimate of drug-likeness (QED) is 0.447. The van der Waals surface area contributed by atoms with Crippen LogP contribution in [0.3, 0.4) is 0 Å². The van der Waals surface area contributed by atoms with E-state index in [1.807, 2.05) is 0 Å². The van der Waals surface area contributed by atoms with Gasteiger partial charge in [-0.05, 0) is 18.2 Å². The minimum Gasteiger partial charge on any atom is -0.508 e. The van der Waals surface area contributed by atoms with Gasteiger partial charge in [-0.25, -0.2) is 9.59 Å². The highest BCUT2D eigenvalue weighted by Gasteiger charge is 2.14. The molecule has 0 bridgehead atoms. The van der Waals surface area contributed by atoms with E-state index >= 15 is 0 Å². The van der Waals surface area contributed by atoms with Crippen LogP contribution in [-0.2, 0) is 4.18 Å². The number of rotatable bonds is 1. The maximum absolute atomic E-state index is 11.4. The Morgan fingerprint density at radius 1 is 1.38 bits per heavy atom. The van der Waals surface area contributed by atoms with E-state index in [-0.39, 0.29) is 16.9 Å². The zero-order valence-corrected chi connectivity index (χ0v) is 8.73. The number of carbonyl (C=O) groups is 1. The van der Waals surface area contributed by atoms with Crippen molar-refractivity contribution in [1.29, 1.82) is 0 Å². The lowest BCUT2D eigenvalue weighted by Gasteiger charge is -2.00. The third kappa shape index (κ3) is 1.74. The van der Waals surface area contributed by atoms with Gasteiger partial charge in [0.15, 0.2) is 0 Å². The van der Waals surface area contributed by atoms with Crippen molar-refractivity contribution in [3.05, 3.63) is 40.2 Å². The van der Waals surface area contributed by atoms with E-state index in [1.54, 1.807) is 0 Å². The van der Waals surface area contributed by atoms with Crippen molar-refractivity contribution >= 4 is 29.8 Å². The first-order valence-electron chi connectivity index (χ1n) is 4.24. The number of hydrogen-bond donors (Lipinski definition) is 2. The normalized spacial score (nSPS) is 10.3. The molecule has 2 aromatic rings. The zero-order chi connectivity index (χ0) is 11.7. The lowest BCUT2D eigenvalue weighted by atomic mass is 10.2. The summed E-state index contributed by atoms with van der Waals surface area (Å²) >= 11 is 3.31. The van der Waals surface area contributed by atoms with Crippen LogP contribution in [0.5, 0.6) is 5.75 Å². The van der Waals surface area contributed by atoms with E-state index in [0.717, 1.165) is 0 Å². The number of benzene rings is 1. The minimum atomic E-state index is -0.882. The number of thiol groups is 1. The Hall–Kier alpha value is -1.95. The summed E-state index contributed by atoms with van der Waals surface area (Å²) in [5.74, 6) is -0.910. The van der Waals surface area contributed by atoms with E-state index in [1.165, 1.54) is 24.3 Å². The van der Waals surface area contributed by atoms with Gasteiger partial charge in [0.1, 0.15) is 16.9 Å². The summed E-state index contributed by atoms with van der Waals surface area (Å²) in [6.07, 6.45) is 0. The van der Waals surface area contributed by atoms with Crippen LogP contribution in [0.15, 0.2) is 33.5 Å². The zero-order valence-electron chi connectivity index (χ0n) is 7.84. The first-order chi connectivity index (χ1) is 7.61. The second-order valence-electron chi connectivity index (χ2n) is 3.05. The fraction of sp³-hybridized carbons (Fsp3) is 0. The molecule has 16 heavy (non-hydrogen) atoms. The fourth-order valence-corrected chi connectivity index (χ4v) is 1.39. The van der Waals surface area contributed by atoms with Gasteiger partial charge in [0.2, 0.25) is 0 Å². The van der Waals surface area contributed by atoms with Crippen LogP contribution >= 0.6 is 12.9 Å². The van der Waals surface area contributed by atoms with E-state index in [0.29, 0.717) is 5.39 Å². The van der Waals surface area contributed by atoms with Crippen LogP contribution in [0, 0.1) is 0 Å². The topological polar surface area (TPSA) is 76.7 Å². The third-order valence-corrected chi connectivity index (χ3v) is 2.19. The number of aromatic hydroxyl groups is 1. The largest absolute Gasteiger partial charge is 0.508 e. The molecular formula is C10H6O5S. The monoisotopic (exact) mass is 238 g/mol. The molecule has 1 heterocycles. The molecule has 2 rings (SSSR count). The number of phenols is 1. The molecule has 0 aliphatic rings. The molecule has 0 unspecified atom stereocenters. The van der Waals surface area contributed by atoms with Crippen molar-refractivity contribution in [3.63, 3.8) is 0 Å². The Morgan fingerprint density at radius 2 is 2.12 bits per heavy atom. The Balaban J connectivity index is 2.72. The summed E-state index contributed by atoms with van der Waals surface area (Å²) in [6.45, 7) is 0. The molecule has 6 heteroatoms. The molecule has 0 saturated heterocycles. The van der Waals surface area contributed by atoms with Crippen molar-refractivity contribution in [2.45, 2.75) is 0 Å². The van der Waals surface area contributed by atoms with Crippen molar-refractivity contribution in [2.24, 2.45) is 0 Å². The summed E-state index contributed by atoms with van der Waals surface area (Å²) in [7, 11) is 0. The number of carbonyl (C=O) groups excluding carboxylic acids is 1. The first-order valence-corrected chi connectivity index (χ1v) is 4.61. The van der Waals surface area contributed by atoms with Gasteiger partial charge >= 0.3 is 11.6 Å². The predicted molar refractivity (Wildman–Crippen MR) is 58.6 cm³/mol. The van der Waals surface area contributed by atoms with Gasteiger partial charge in [-0.1, -0.05) is 0 Å². The predicted octanol–water partition coefficient (Wildman–Crippen LogP) is 1.50. The molecule has 0 amide bonds. The van der Waals surface area contributed by atoms with E-state index < -0.39 is 11.6 Å². The van der Waals surface area contributed by atoms with Gasteiger partial charge in [-0.3, -0.25) is 0 Å². The Bertz CT molecular complexity index is 616. The maximum atomic E-state index is 11.4. The molecule has 0 fully saturated rings. The van der Waals surface area contributed by atoms with Gasteiger partial charge in [0.25, 0.3) is 0 Å². The molecular weight excluding hydrogens is 232 g/mol. The second-order valence-corrected chi connectivity index (χ2v) is 3.23. The molecule has 0 saturated carbocycles. The SMILES string of the molecule is O=C(OS)c1cc2ccc(O)cc2oc1=O. The lowest BCUT2D eigenvalue weighted by Crippen LogP contribution is -2.13. The van der Waals surface area contributed by atoms with Gasteiger partial charge in [-0.2, -0.15) is 0 Å². The number of fused-ring (bicyclic) bond motifs is 1. The second kappa shape index (κ2) is 3.90. The molecule has 1 aromatic heterocycles. The van der Waals surface area contributed by atoms with Crippen molar-refractivity contribution < 1.29 is 18.5 Å². The summed E-state index contributed by atoms with van der Waals surface area (Å²) in [6, 6.07) is 5.53.